The van der Waals surface area contributed by atoms with Crippen LogP contribution in [0, 0.1) is 0 Å². The van der Waals surface area contributed by atoms with Gasteiger partial charge >= 0.3 is 0 Å². The first kappa shape index (κ1) is 41.0. The van der Waals surface area contributed by atoms with Gasteiger partial charge in [0, 0.05) is 66.3 Å². The third-order valence-electron chi connectivity index (χ3n) is 16.1. The van der Waals surface area contributed by atoms with Crippen LogP contribution >= 0.6 is 0 Å². The Labute approximate surface area is 417 Å². The van der Waals surface area contributed by atoms with E-state index in [0.29, 0.717) is 0 Å². The Bertz CT molecular complexity index is 4120. The van der Waals surface area contributed by atoms with Crippen molar-refractivity contribution in [3.8, 4) is 22.3 Å². The minimum atomic E-state index is -0.104. The number of hydrogen-bond acceptors (Lipinski definition) is 4. The number of para-hydroxylation sites is 2. The zero-order valence-electron chi connectivity index (χ0n) is 40.5. The van der Waals surface area contributed by atoms with Crippen LogP contribution in [-0.2, 0) is 10.8 Å². The largest absolute Gasteiger partial charge is 0.456 e. The number of hydrogen-bond donors (Lipinski definition) is 0. The molecule has 0 saturated heterocycles. The lowest BCUT2D eigenvalue weighted by Crippen LogP contribution is -2.16. The molecule has 0 fully saturated rings. The van der Waals surface area contributed by atoms with Crippen molar-refractivity contribution in [1.82, 2.24) is 0 Å². The van der Waals surface area contributed by atoms with Crippen molar-refractivity contribution < 1.29 is 8.83 Å². The highest BCUT2D eigenvalue weighted by molar-refractivity contribution is 6.18. The van der Waals surface area contributed by atoms with Crippen molar-refractivity contribution in [2.75, 3.05) is 9.80 Å². The van der Waals surface area contributed by atoms with E-state index >= 15 is 0 Å². The van der Waals surface area contributed by atoms with Crippen molar-refractivity contribution in [3.05, 3.63) is 241 Å². The van der Waals surface area contributed by atoms with Crippen LogP contribution in [0.4, 0.5) is 34.1 Å². The van der Waals surface area contributed by atoms with E-state index < -0.39 is 0 Å². The Morgan fingerprint density at radius 3 is 1.11 bits per heavy atom. The molecule has 2 aliphatic carbocycles. The van der Waals surface area contributed by atoms with E-state index in [1.54, 1.807) is 0 Å². The number of benzene rings is 11. The van der Waals surface area contributed by atoms with E-state index in [4.69, 9.17) is 8.83 Å². The second kappa shape index (κ2) is 14.8. The number of rotatable bonds is 6. The van der Waals surface area contributed by atoms with Crippen LogP contribution in [-0.4, -0.2) is 0 Å². The zero-order valence-corrected chi connectivity index (χ0v) is 40.5. The fraction of sp³-hybridized carbons (Fsp3) is 0.0882. The zero-order chi connectivity index (χ0) is 48.0. The van der Waals surface area contributed by atoms with Crippen molar-refractivity contribution in [1.29, 1.82) is 0 Å². The molecule has 0 saturated carbocycles. The van der Waals surface area contributed by atoms with E-state index in [2.05, 4.69) is 256 Å². The minimum Gasteiger partial charge on any atom is -0.456 e. The summed E-state index contributed by atoms with van der Waals surface area (Å²) < 4.78 is 13.6. The van der Waals surface area contributed by atoms with E-state index in [9.17, 15) is 0 Å². The second-order valence-electron chi connectivity index (χ2n) is 20.9. The smallest absolute Gasteiger partial charge is 0.136 e. The van der Waals surface area contributed by atoms with Crippen LogP contribution in [0.2, 0.25) is 0 Å². The SMILES string of the molecule is CC1(C)c2ccccc2-c2c(N(c3ccccc3)c3ccc4cc5c(cc4c3)oc3cc4c(cc35)oc3cc5cc(N(c6ccccc6)c6cccc7c6-c6ccccc6C7(C)C)ccc5cc34)cccc21. The van der Waals surface area contributed by atoms with Crippen LogP contribution in [0.15, 0.2) is 227 Å². The number of furan rings is 2. The Hall–Kier alpha value is -8.86. The lowest BCUT2D eigenvalue weighted by atomic mass is 9.82. The molecule has 0 atom stereocenters. The third kappa shape index (κ3) is 5.81. The molecule has 0 unspecified atom stereocenters. The monoisotopic (exact) mass is 924 g/mol. The molecule has 0 aliphatic heterocycles. The van der Waals surface area contributed by atoms with Gasteiger partial charge in [-0.1, -0.05) is 149 Å². The molecule has 2 aliphatic rings. The molecule has 2 aromatic heterocycles. The Kier molecular flexibility index (Phi) is 8.44. The molecule has 72 heavy (non-hydrogen) atoms. The Morgan fingerprint density at radius 2 is 0.667 bits per heavy atom. The highest BCUT2D eigenvalue weighted by atomic mass is 16.3. The molecular formula is C68H48N2O2. The average molecular weight is 925 g/mol. The summed E-state index contributed by atoms with van der Waals surface area (Å²) in [7, 11) is 0. The first-order valence-corrected chi connectivity index (χ1v) is 25.1. The quantitative estimate of drug-likeness (QED) is 0.166. The predicted octanol–water partition coefficient (Wildman–Crippen LogP) is 19.3. The average Bonchev–Trinajstić information content (AvgIpc) is 4.08. The van der Waals surface area contributed by atoms with Crippen LogP contribution < -0.4 is 9.80 Å². The van der Waals surface area contributed by atoms with Gasteiger partial charge in [-0.05, 0) is 152 Å². The Morgan fingerprint density at radius 1 is 0.292 bits per heavy atom. The summed E-state index contributed by atoms with van der Waals surface area (Å²) in [6.45, 7) is 9.37. The summed E-state index contributed by atoms with van der Waals surface area (Å²) in [6.07, 6.45) is 0. The molecule has 4 nitrogen and oxygen atoms in total. The summed E-state index contributed by atoms with van der Waals surface area (Å²) in [5.41, 5.74) is 20.5. The third-order valence-corrected chi connectivity index (χ3v) is 16.1. The highest BCUT2D eigenvalue weighted by Gasteiger charge is 2.39. The van der Waals surface area contributed by atoms with Gasteiger partial charge in [-0.25, -0.2) is 0 Å². The van der Waals surface area contributed by atoms with E-state index in [1.807, 2.05) is 0 Å². The van der Waals surface area contributed by atoms with E-state index in [1.165, 1.54) is 55.9 Å². The summed E-state index contributed by atoms with van der Waals surface area (Å²) in [5, 5.41) is 8.75. The summed E-state index contributed by atoms with van der Waals surface area (Å²) in [5.74, 6) is 0. The van der Waals surface area contributed by atoms with Crippen LogP contribution in [0.5, 0.6) is 0 Å². The molecule has 4 heteroatoms. The highest BCUT2D eigenvalue weighted by Crippen LogP contribution is 2.56. The molecule has 0 bridgehead atoms. The van der Waals surface area contributed by atoms with Crippen LogP contribution in [0.3, 0.4) is 0 Å². The lowest BCUT2D eigenvalue weighted by molar-refractivity contribution is 0.660. The maximum Gasteiger partial charge on any atom is 0.136 e. The molecule has 342 valence electrons. The second-order valence-corrected chi connectivity index (χ2v) is 20.9. The van der Waals surface area contributed by atoms with Crippen molar-refractivity contribution >= 4 is 99.5 Å². The summed E-state index contributed by atoms with van der Waals surface area (Å²) in [4.78, 5) is 4.83. The van der Waals surface area contributed by atoms with Gasteiger partial charge in [-0.3, -0.25) is 0 Å². The Balaban J connectivity index is 0.832. The van der Waals surface area contributed by atoms with Gasteiger partial charge in [0.1, 0.15) is 22.3 Å². The normalized spacial score (nSPS) is 14.1. The van der Waals surface area contributed by atoms with Gasteiger partial charge in [-0.15, -0.1) is 0 Å². The number of nitrogens with zero attached hydrogens (tertiary/aromatic N) is 2. The molecule has 0 N–H and O–H groups in total. The number of fused-ring (bicyclic) bond motifs is 14. The van der Waals surface area contributed by atoms with Gasteiger partial charge in [0.25, 0.3) is 0 Å². The van der Waals surface area contributed by atoms with Gasteiger partial charge in [0.15, 0.2) is 0 Å². The standard InChI is InChI=1S/C68H48N2O2/c1-67(2)55-23-13-11-21-49(55)65-57(67)25-15-27-59(65)69(45-17-7-5-8-18-45)47-31-29-41-35-51-53-39-64-54(40-63(53)71-61(51)37-43(41)33-47)52-36-42-30-32-48(34-44(42)38-62(52)72-64)70(46-19-9-6-10-20-46)60-28-16-26-58-66(60)50-22-12-14-24-56(50)68(58,3)4/h5-40H,1-4H3. The topological polar surface area (TPSA) is 32.8 Å². The lowest BCUT2D eigenvalue weighted by Gasteiger charge is -2.29. The van der Waals surface area contributed by atoms with Crippen molar-refractivity contribution in [2.45, 2.75) is 38.5 Å². The van der Waals surface area contributed by atoms with Crippen molar-refractivity contribution in [2.24, 2.45) is 0 Å². The maximum atomic E-state index is 6.80. The summed E-state index contributed by atoms with van der Waals surface area (Å²) >= 11 is 0. The molecule has 2 heterocycles. The van der Waals surface area contributed by atoms with E-state index in [-0.39, 0.29) is 10.8 Å². The molecule has 15 rings (SSSR count). The molecule has 13 aromatic rings. The molecular weight excluding hydrogens is 877 g/mol. The van der Waals surface area contributed by atoms with Crippen LogP contribution in [0.25, 0.3) is 87.7 Å². The first-order chi connectivity index (χ1) is 35.2. The maximum absolute atomic E-state index is 6.80. The van der Waals surface area contributed by atoms with Gasteiger partial charge in [0.05, 0.1) is 11.4 Å². The van der Waals surface area contributed by atoms with Gasteiger partial charge in [-0.2, -0.15) is 0 Å². The van der Waals surface area contributed by atoms with Crippen LogP contribution in [0.1, 0.15) is 49.9 Å². The predicted molar refractivity (Wildman–Crippen MR) is 301 cm³/mol. The van der Waals surface area contributed by atoms with Crippen molar-refractivity contribution in [3.63, 3.8) is 0 Å². The van der Waals surface area contributed by atoms with Gasteiger partial charge in [0.2, 0.25) is 0 Å². The molecule has 11 aromatic carbocycles. The van der Waals surface area contributed by atoms with E-state index in [0.717, 1.165) is 88.2 Å². The molecule has 0 amide bonds. The summed E-state index contributed by atoms with van der Waals surface area (Å²) in [6, 6.07) is 79.7. The molecule has 0 spiro atoms. The van der Waals surface area contributed by atoms with Gasteiger partial charge < -0.3 is 18.6 Å². The minimum absolute atomic E-state index is 0.104. The molecule has 0 radical (unpaired) electrons. The first-order valence-electron chi connectivity index (χ1n) is 25.1. The number of anilines is 6. The fourth-order valence-corrected chi connectivity index (χ4v) is 12.6. The fourth-order valence-electron chi connectivity index (χ4n) is 12.6.